The Morgan fingerprint density at radius 3 is 1.84 bits per heavy atom. The normalized spacial score (nSPS) is 23.6. The fourth-order valence-electron chi connectivity index (χ4n) is 2.83. The summed E-state index contributed by atoms with van der Waals surface area (Å²) in [5.41, 5.74) is 0. The van der Waals surface area contributed by atoms with Gasteiger partial charge < -0.3 is 4.90 Å². The van der Waals surface area contributed by atoms with Crippen molar-refractivity contribution in [2.45, 2.75) is 45.4 Å². The molecule has 116 valence electrons. The predicted molar refractivity (Wildman–Crippen MR) is 91.8 cm³/mol. The average molecular weight is 289 g/mol. The third kappa shape index (κ3) is 6.05. The molecule has 0 bridgehead atoms. The molecule has 0 aromatic heterocycles. The van der Waals surface area contributed by atoms with Gasteiger partial charge in [-0.2, -0.15) is 0 Å². The molecule has 19 heavy (non-hydrogen) atoms. The zero-order valence-electron chi connectivity index (χ0n) is 14.3. The van der Waals surface area contributed by atoms with Gasteiger partial charge in [-0.3, -0.25) is 4.90 Å². The molecule has 1 aliphatic rings. The highest BCUT2D eigenvalue weighted by Crippen LogP contribution is 2.43. The van der Waals surface area contributed by atoms with Crippen LogP contribution in [0.2, 0.25) is 0 Å². The van der Waals surface area contributed by atoms with E-state index in [0.717, 1.165) is 11.2 Å². The first-order valence-electron chi connectivity index (χ1n) is 7.83. The molecule has 0 radical (unpaired) electrons. The van der Waals surface area contributed by atoms with Gasteiger partial charge in [0.1, 0.15) is 0 Å². The van der Waals surface area contributed by atoms with E-state index < -0.39 is 0 Å². The summed E-state index contributed by atoms with van der Waals surface area (Å²) in [6, 6.07) is 0.712. The highest BCUT2D eigenvalue weighted by Gasteiger charge is 2.22. The summed E-state index contributed by atoms with van der Waals surface area (Å²) in [4.78, 5) is 5.28. The van der Waals surface area contributed by atoms with E-state index in [1.165, 1.54) is 39.1 Å². The van der Waals surface area contributed by atoms with E-state index in [9.17, 15) is 0 Å². The monoisotopic (exact) mass is 288 g/mol. The van der Waals surface area contributed by atoms with Crippen LogP contribution in [0.25, 0.3) is 0 Å². The van der Waals surface area contributed by atoms with E-state index in [-0.39, 0.29) is 10.0 Å². The number of hydrogen-bond acceptors (Lipinski definition) is 2. The molecular weight excluding hydrogens is 252 g/mol. The van der Waals surface area contributed by atoms with Crippen LogP contribution in [0.3, 0.4) is 0 Å². The lowest BCUT2D eigenvalue weighted by Gasteiger charge is -2.39. The lowest BCUT2D eigenvalue weighted by atomic mass is 10.0. The minimum atomic E-state index is -0.385. The summed E-state index contributed by atoms with van der Waals surface area (Å²) in [6.45, 7) is 15.8. The minimum absolute atomic E-state index is 0.385. The molecule has 0 amide bonds. The third-order valence-corrected chi connectivity index (χ3v) is 7.26. The standard InChI is InChI=1S/C16H36N2S/c1-14(2)18-10-8-17(9-11-18)13-15(3)12-16(4)19(5,6)7/h14-16H,8-13H2,1-7H3. The van der Waals surface area contributed by atoms with Crippen LogP contribution < -0.4 is 0 Å². The van der Waals surface area contributed by atoms with Crippen LogP contribution in [0.15, 0.2) is 0 Å². The molecule has 1 heterocycles. The van der Waals surface area contributed by atoms with E-state index in [1.54, 1.807) is 0 Å². The van der Waals surface area contributed by atoms with Crippen molar-refractivity contribution in [1.29, 1.82) is 0 Å². The number of rotatable bonds is 6. The van der Waals surface area contributed by atoms with E-state index >= 15 is 0 Å². The van der Waals surface area contributed by atoms with Gasteiger partial charge in [0.15, 0.2) is 0 Å². The van der Waals surface area contributed by atoms with E-state index in [0.29, 0.717) is 6.04 Å². The largest absolute Gasteiger partial charge is 0.301 e. The molecular formula is C16H36N2S. The van der Waals surface area contributed by atoms with Gasteiger partial charge in [0.05, 0.1) is 0 Å². The van der Waals surface area contributed by atoms with Crippen LogP contribution in [-0.2, 0) is 0 Å². The molecule has 1 saturated heterocycles. The van der Waals surface area contributed by atoms with Crippen molar-refractivity contribution in [1.82, 2.24) is 9.80 Å². The van der Waals surface area contributed by atoms with Gasteiger partial charge in [0.25, 0.3) is 0 Å². The predicted octanol–water partition coefficient (Wildman–Crippen LogP) is 3.12. The SMILES string of the molecule is CC(CC(C)S(C)(C)C)CN1CCN(C(C)C)CC1. The lowest BCUT2D eigenvalue weighted by molar-refractivity contribution is 0.0977. The molecule has 3 heteroatoms. The van der Waals surface area contributed by atoms with E-state index in [2.05, 4.69) is 56.3 Å². The Balaban J connectivity index is 2.29. The highest BCUT2D eigenvalue weighted by atomic mass is 32.3. The molecule has 0 spiro atoms. The van der Waals surface area contributed by atoms with Crippen LogP contribution in [0, 0.1) is 5.92 Å². The smallest absolute Gasteiger partial charge is 0.0113 e. The zero-order valence-corrected chi connectivity index (χ0v) is 15.1. The maximum Gasteiger partial charge on any atom is 0.0113 e. The molecule has 0 N–H and O–H groups in total. The van der Waals surface area contributed by atoms with Crippen LogP contribution in [-0.4, -0.2) is 72.6 Å². The first-order valence-corrected chi connectivity index (χ1v) is 10.8. The van der Waals surface area contributed by atoms with Gasteiger partial charge in [0.2, 0.25) is 0 Å². The molecule has 2 unspecified atom stereocenters. The van der Waals surface area contributed by atoms with Gasteiger partial charge in [-0.15, -0.1) is 0 Å². The Kier molecular flexibility index (Phi) is 6.68. The van der Waals surface area contributed by atoms with E-state index in [4.69, 9.17) is 0 Å². The second-order valence-electron chi connectivity index (χ2n) is 7.51. The van der Waals surface area contributed by atoms with Crippen molar-refractivity contribution >= 4 is 10.0 Å². The Bertz CT molecular complexity index is 252. The van der Waals surface area contributed by atoms with Crippen molar-refractivity contribution in [2.75, 3.05) is 51.5 Å². The number of piperazine rings is 1. The highest BCUT2D eigenvalue weighted by molar-refractivity contribution is 8.32. The third-order valence-electron chi connectivity index (χ3n) is 4.65. The lowest BCUT2D eigenvalue weighted by Crippen LogP contribution is -2.49. The fourth-order valence-corrected chi connectivity index (χ4v) is 3.74. The van der Waals surface area contributed by atoms with Crippen LogP contribution in [0.5, 0.6) is 0 Å². The Morgan fingerprint density at radius 2 is 1.42 bits per heavy atom. The first-order chi connectivity index (χ1) is 8.70. The van der Waals surface area contributed by atoms with Crippen LogP contribution >= 0.6 is 10.0 Å². The number of hydrogen-bond donors (Lipinski definition) is 0. The molecule has 1 fully saturated rings. The minimum Gasteiger partial charge on any atom is -0.301 e. The summed E-state index contributed by atoms with van der Waals surface area (Å²) in [6.07, 6.45) is 8.74. The number of nitrogens with zero attached hydrogens (tertiary/aromatic N) is 2. The summed E-state index contributed by atoms with van der Waals surface area (Å²) >= 11 is 0. The van der Waals surface area contributed by atoms with Crippen molar-refractivity contribution < 1.29 is 0 Å². The summed E-state index contributed by atoms with van der Waals surface area (Å²) in [5, 5.41) is 0.888. The maximum atomic E-state index is 2.67. The Hall–Kier alpha value is 0.270. The first kappa shape index (κ1) is 17.3. The van der Waals surface area contributed by atoms with Gasteiger partial charge in [-0.05, 0) is 50.2 Å². The molecule has 0 saturated carbocycles. The van der Waals surface area contributed by atoms with Crippen LogP contribution in [0.1, 0.15) is 34.1 Å². The molecule has 1 rings (SSSR count). The van der Waals surface area contributed by atoms with Gasteiger partial charge in [-0.1, -0.05) is 13.8 Å². The van der Waals surface area contributed by atoms with Gasteiger partial charge >= 0.3 is 0 Å². The maximum absolute atomic E-state index is 2.67. The molecule has 2 atom stereocenters. The van der Waals surface area contributed by atoms with E-state index in [1.807, 2.05) is 0 Å². The van der Waals surface area contributed by atoms with Crippen molar-refractivity contribution in [2.24, 2.45) is 5.92 Å². The van der Waals surface area contributed by atoms with Crippen molar-refractivity contribution in [3.8, 4) is 0 Å². The molecule has 1 aliphatic heterocycles. The Labute approximate surface area is 123 Å². The summed E-state index contributed by atoms with van der Waals surface area (Å²) in [5.74, 6) is 0.840. The zero-order chi connectivity index (χ0) is 14.6. The molecule has 0 aromatic carbocycles. The van der Waals surface area contributed by atoms with Gasteiger partial charge in [-0.25, -0.2) is 10.0 Å². The quantitative estimate of drug-likeness (QED) is 0.741. The average Bonchev–Trinajstić information content (AvgIpc) is 2.28. The Morgan fingerprint density at radius 1 is 0.895 bits per heavy atom. The second-order valence-corrected chi connectivity index (χ2v) is 12.2. The second kappa shape index (κ2) is 7.33. The summed E-state index contributed by atoms with van der Waals surface area (Å²) in [7, 11) is -0.385. The van der Waals surface area contributed by atoms with Crippen molar-refractivity contribution in [3.05, 3.63) is 0 Å². The topological polar surface area (TPSA) is 6.48 Å². The summed E-state index contributed by atoms with van der Waals surface area (Å²) < 4.78 is 0. The fraction of sp³-hybridized carbons (Fsp3) is 1.00. The van der Waals surface area contributed by atoms with Crippen molar-refractivity contribution in [3.63, 3.8) is 0 Å². The molecule has 0 aromatic rings. The van der Waals surface area contributed by atoms with Gasteiger partial charge in [0, 0.05) is 38.8 Å². The van der Waals surface area contributed by atoms with Crippen LogP contribution in [0.4, 0.5) is 0 Å². The molecule has 0 aliphatic carbocycles. The molecule has 2 nitrogen and oxygen atoms in total.